The van der Waals surface area contributed by atoms with E-state index in [1.54, 1.807) is 11.3 Å². The predicted molar refractivity (Wildman–Crippen MR) is 327 cm³/mol. The minimum atomic E-state index is -0.446. The minimum Gasteiger partial charge on any atom is -0.310 e. The standard InChI is InChI=1S/C76H51NS/c1-5-19-59(20-6-1)75(60-21-7-2-8-22-60)70-30-15-13-28-66(70)68-49-56(38-44-72(68)75)52-34-40-63(41-35-52)77(64-42-36-53(37-43-64)58-33-32-54-46-47-78-74(54)51-58)65-27-17-18-55(48-65)57-39-45-73-69(50-57)67-29-14-16-31-71(67)76(73,61-23-9-3-10-24-61)62-25-11-4-12-26-62/h1-51H. The zero-order chi connectivity index (χ0) is 51.6. The Labute approximate surface area is 460 Å². The molecule has 12 aromatic carbocycles. The van der Waals surface area contributed by atoms with Gasteiger partial charge < -0.3 is 4.90 Å². The smallest absolute Gasteiger partial charge is 0.0713 e. The molecule has 13 aromatic rings. The van der Waals surface area contributed by atoms with Gasteiger partial charge in [0.2, 0.25) is 0 Å². The van der Waals surface area contributed by atoms with Crippen LogP contribution in [-0.4, -0.2) is 0 Å². The van der Waals surface area contributed by atoms with Crippen molar-refractivity contribution in [3.63, 3.8) is 0 Å². The van der Waals surface area contributed by atoms with E-state index in [9.17, 15) is 0 Å². The average molecular weight is 1010 g/mol. The second kappa shape index (κ2) is 18.6. The lowest BCUT2D eigenvalue weighted by Gasteiger charge is -2.33. The fourth-order valence-electron chi connectivity index (χ4n) is 13.3. The molecule has 2 aliphatic rings. The summed E-state index contributed by atoms with van der Waals surface area (Å²) < 4.78 is 1.30. The molecule has 0 atom stereocenters. The van der Waals surface area contributed by atoms with Gasteiger partial charge in [-0.25, -0.2) is 0 Å². The Morgan fingerprint density at radius 2 is 0.628 bits per heavy atom. The predicted octanol–water partition coefficient (Wildman–Crippen LogP) is 20.1. The molecule has 1 nitrogen and oxygen atoms in total. The number of benzene rings is 12. The van der Waals surface area contributed by atoms with E-state index < -0.39 is 10.8 Å². The molecule has 0 fully saturated rings. The molecule has 0 N–H and O–H groups in total. The first kappa shape index (κ1) is 45.8. The Morgan fingerprint density at radius 1 is 0.244 bits per heavy atom. The molecule has 366 valence electrons. The van der Waals surface area contributed by atoms with Gasteiger partial charge in [-0.2, -0.15) is 0 Å². The maximum atomic E-state index is 2.43. The van der Waals surface area contributed by atoms with E-state index in [4.69, 9.17) is 0 Å². The number of thiophene rings is 1. The van der Waals surface area contributed by atoms with Crippen molar-refractivity contribution in [2.45, 2.75) is 10.8 Å². The molecule has 0 aliphatic heterocycles. The Balaban J connectivity index is 0.837. The number of nitrogens with zero attached hydrogens (tertiary/aromatic N) is 1. The van der Waals surface area contributed by atoms with Crippen LogP contribution in [0.15, 0.2) is 309 Å². The third-order valence-electron chi connectivity index (χ3n) is 16.7. The van der Waals surface area contributed by atoms with Gasteiger partial charge in [-0.05, 0) is 172 Å². The number of rotatable bonds is 10. The minimum absolute atomic E-state index is 0.433. The monoisotopic (exact) mass is 1010 g/mol. The summed E-state index contributed by atoms with van der Waals surface area (Å²) in [6.45, 7) is 0. The Bertz CT molecular complexity index is 4270. The van der Waals surface area contributed by atoms with E-state index in [0.717, 1.165) is 22.6 Å². The van der Waals surface area contributed by atoms with Gasteiger partial charge in [0.05, 0.1) is 10.8 Å². The molecule has 0 unspecified atom stereocenters. The first-order valence-corrected chi connectivity index (χ1v) is 27.8. The van der Waals surface area contributed by atoms with Gasteiger partial charge in [-0.3, -0.25) is 0 Å². The van der Waals surface area contributed by atoms with Crippen molar-refractivity contribution < 1.29 is 0 Å². The highest BCUT2D eigenvalue weighted by atomic mass is 32.1. The van der Waals surface area contributed by atoms with Crippen molar-refractivity contribution >= 4 is 38.5 Å². The fraction of sp³-hybridized carbons (Fsp3) is 0.0263. The van der Waals surface area contributed by atoms with E-state index in [-0.39, 0.29) is 0 Å². The van der Waals surface area contributed by atoms with Crippen LogP contribution in [0.25, 0.3) is 65.7 Å². The van der Waals surface area contributed by atoms with Crippen LogP contribution in [0.5, 0.6) is 0 Å². The van der Waals surface area contributed by atoms with Gasteiger partial charge in [0.1, 0.15) is 0 Å². The van der Waals surface area contributed by atoms with Crippen molar-refractivity contribution in [2.75, 3.05) is 4.90 Å². The van der Waals surface area contributed by atoms with Crippen molar-refractivity contribution in [3.8, 4) is 55.6 Å². The molecule has 0 saturated carbocycles. The molecule has 1 heterocycles. The highest BCUT2D eigenvalue weighted by Crippen LogP contribution is 2.58. The lowest BCUT2D eigenvalue weighted by Crippen LogP contribution is -2.28. The third-order valence-corrected chi connectivity index (χ3v) is 17.6. The number of anilines is 3. The van der Waals surface area contributed by atoms with Crippen LogP contribution in [0.1, 0.15) is 44.5 Å². The molecule has 2 aliphatic carbocycles. The molecule has 1 aromatic heterocycles. The molecule has 0 amide bonds. The molecule has 0 bridgehead atoms. The van der Waals surface area contributed by atoms with Crippen molar-refractivity contribution in [1.29, 1.82) is 0 Å². The summed E-state index contributed by atoms with van der Waals surface area (Å²) >= 11 is 1.79. The lowest BCUT2D eigenvalue weighted by molar-refractivity contribution is 0.768. The molecule has 0 radical (unpaired) electrons. The third kappa shape index (κ3) is 7.14. The van der Waals surface area contributed by atoms with Crippen LogP contribution >= 0.6 is 11.3 Å². The number of fused-ring (bicyclic) bond motifs is 7. The molecule has 78 heavy (non-hydrogen) atoms. The van der Waals surface area contributed by atoms with Gasteiger partial charge in [-0.1, -0.05) is 243 Å². The summed E-state index contributed by atoms with van der Waals surface area (Å²) in [6, 6.07) is 113. The van der Waals surface area contributed by atoms with E-state index >= 15 is 0 Å². The highest BCUT2D eigenvalue weighted by Gasteiger charge is 2.47. The molecule has 0 spiro atoms. The van der Waals surface area contributed by atoms with E-state index in [1.165, 1.54) is 105 Å². The molecule has 0 saturated heterocycles. The van der Waals surface area contributed by atoms with Gasteiger partial charge in [0.25, 0.3) is 0 Å². The second-order valence-corrected chi connectivity index (χ2v) is 21.7. The maximum Gasteiger partial charge on any atom is 0.0713 e. The molecular formula is C76H51NS. The normalized spacial score (nSPS) is 13.3. The summed E-state index contributed by atoms with van der Waals surface area (Å²) in [5.74, 6) is 0. The van der Waals surface area contributed by atoms with Crippen LogP contribution in [0.4, 0.5) is 17.1 Å². The summed E-state index contributed by atoms with van der Waals surface area (Å²) in [5, 5.41) is 3.46. The summed E-state index contributed by atoms with van der Waals surface area (Å²) in [6.07, 6.45) is 0. The van der Waals surface area contributed by atoms with Gasteiger partial charge in [-0.15, -0.1) is 11.3 Å². The van der Waals surface area contributed by atoms with Crippen LogP contribution in [-0.2, 0) is 10.8 Å². The SMILES string of the molecule is c1ccc(C2(c3ccccc3)c3ccccc3-c3cc(-c4ccc(N(c5ccc(-c6ccc7ccsc7c6)cc5)c5cccc(-c6ccc7c(c6)-c6ccccc6C7(c6ccccc6)c6ccccc6)c5)cc4)ccc32)cc1. The molecule has 2 heteroatoms. The summed E-state index contributed by atoms with van der Waals surface area (Å²) in [5.41, 5.74) is 24.9. The van der Waals surface area contributed by atoms with Crippen molar-refractivity contribution in [3.05, 3.63) is 353 Å². The topological polar surface area (TPSA) is 3.24 Å². The van der Waals surface area contributed by atoms with Crippen LogP contribution in [0.3, 0.4) is 0 Å². The summed E-state index contributed by atoms with van der Waals surface area (Å²) in [7, 11) is 0. The Morgan fingerprint density at radius 3 is 1.12 bits per heavy atom. The average Bonchev–Trinajstić information content (AvgIpc) is 4.41. The lowest BCUT2D eigenvalue weighted by atomic mass is 9.67. The van der Waals surface area contributed by atoms with E-state index in [0.29, 0.717) is 0 Å². The largest absolute Gasteiger partial charge is 0.310 e. The zero-order valence-electron chi connectivity index (χ0n) is 42.8. The van der Waals surface area contributed by atoms with Crippen molar-refractivity contribution in [2.24, 2.45) is 0 Å². The van der Waals surface area contributed by atoms with Crippen LogP contribution in [0.2, 0.25) is 0 Å². The first-order valence-electron chi connectivity index (χ1n) is 27.0. The van der Waals surface area contributed by atoms with E-state index in [2.05, 4.69) is 314 Å². The second-order valence-electron chi connectivity index (χ2n) is 20.7. The first-order chi connectivity index (χ1) is 38.7. The number of hydrogen-bond donors (Lipinski definition) is 0. The van der Waals surface area contributed by atoms with Gasteiger partial charge >= 0.3 is 0 Å². The van der Waals surface area contributed by atoms with Gasteiger partial charge in [0, 0.05) is 21.8 Å². The zero-order valence-corrected chi connectivity index (χ0v) is 43.6. The molecule has 15 rings (SSSR count). The van der Waals surface area contributed by atoms with Crippen molar-refractivity contribution in [1.82, 2.24) is 0 Å². The Hall–Kier alpha value is -9.60. The highest BCUT2D eigenvalue weighted by molar-refractivity contribution is 7.17. The molecular weight excluding hydrogens is 959 g/mol. The quantitative estimate of drug-likeness (QED) is 0.132. The van der Waals surface area contributed by atoms with Crippen LogP contribution in [0, 0.1) is 0 Å². The van der Waals surface area contributed by atoms with E-state index in [1.807, 2.05) is 0 Å². The Kier molecular flexibility index (Phi) is 10.9. The van der Waals surface area contributed by atoms with Crippen LogP contribution < -0.4 is 4.90 Å². The fourth-order valence-corrected chi connectivity index (χ4v) is 14.1. The number of hydrogen-bond acceptors (Lipinski definition) is 2. The maximum absolute atomic E-state index is 2.43. The summed E-state index contributed by atoms with van der Waals surface area (Å²) in [4.78, 5) is 2.41. The van der Waals surface area contributed by atoms with Gasteiger partial charge in [0.15, 0.2) is 0 Å².